The number of ether oxygens (including phenoxy) is 1. The summed E-state index contributed by atoms with van der Waals surface area (Å²) in [7, 11) is 0. The summed E-state index contributed by atoms with van der Waals surface area (Å²) in [4.78, 5) is 17.1. The van der Waals surface area contributed by atoms with E-state index in [2.05, 4.69) is 18.7 Å². The number of furan rings is 1. The summed E-state index contributed by atoms with van der Waals surface area (Å²) in [5.74, 6) is 1.04. The molecule has 0 bridgehead atoms. The molecule has 0 aliphatic carbocycles. The summed E-state index contributed by atoms with van der Waals surface area (Å²) < 4.78 is 11.3. The van der Waals surface area contributed by atoms with Gasteiger partial charge >= 0.3 is 0 Å². The molecule has 23 heavy (non-hydrogen) atoms. The van der Waals surface area contributed by atoms with Crippen LogP contribution in [0.1, 0.15) is 43.0 Å². The average Bonchev–Trinajstić information content (AvgIpc) is 3.14. The van der Waals surface area contributed by atoms with Crippen molar-refractivity contribution in [3.05, 3.63) is 23.7 Å². The maximum absolute atomic E-state index is 12.7. The van der Waals surface area contributed by atoms with Gasteiger partial charge in [0.15, 0.2) is 5.76 Å². The van der Waals surface area contributed by atoms with Crippen LogP contribution in [0.4, 0.5) is 0 Å². The molecule has 3 rings (SSSR count). The standard InChI is InChI=1S/C17H27N3O3/c1-12-9-19(10-13(2)22-12)11-14-4-3-7-20(14)17(21)16-6-5-15(8-18)23-16/h5-6,12-14H,3-4,7-11,18H2,1-2H3/t12-,13-,14-/m1/s1. The van der Waals surface area contributed by atoms with E-state index in [1.807, 2.05) is 4.90 Å². The predicted octanol–water partition coefficient (Wildman–Crippen LogP) is 1.45. The molecule has 2 aliphatic heterocycles. The summed E-state index contributed by atoms with van der Waals surface area (Å²) in [5.41, 5.74) is 5.56. The first-order chi connectivity index (χ1) is 11.1. The van der Waals surface area contributed by atoms with Gasteiger partial charge in [0.05, 0.1) is 18.8 Å². The highest BCUT2D eigenvalue weighted by molar-refractivity contribution is 5.92. The highest BCUT2D eigenvalue weighted by Crippen LogP contribution is 2.23. The molecule has 3 heterocycles. The minimum atomic E-state index is -0.0124. The van der Waals surface area contributed by atoms with Gasteiger partial charge in [-0.25, -0.2) is 0 Å². The summed E-state index contributed by atoms with van der Waals surface area (Å²) in [6, 6.07) is 3.77. The zero-order chi connectivity index (χ0) is 16.4. The van der Waals surface area contributed by atoms with Crippen molar-refractivity contribution in [2.24, 2.45) is 5.73 Å². The topological polar surface area (TPSA) is 71.9 Å². The number of likely N-dealkylation sites (tertiary alicyclic amines) is 1. The van der Waals surface area contributed by atoms with Gasteiger partial charge in [0.1, 0.15) is 5.76 Å². The van der Waals surface area contributed by atoms with E-state index in [0.29, 0.717) is 18.1 Å². The molecule has 2 N–H and O–H groups in total. The van der Waals surface area contributed by atoms with Gasteiger partial charge < -0.3 is 19.8 Å². The number of amides is 1. The molecule has 0 radical (unpaired) electrons. The lowest BCUT2D eigenvalue weighted by molar-refractivity contribution is -0.0715. The number of nitrogens with two attached hydrogens (primary N) is 1. The molecule has 128 valence electrons. The van der Waals surface area contributed by atoms with Crippen molar-refractivity contribution in [2.45, 2.75) is 51.5 Å². The Hall–Kier alpha value is -1.37. The molecule has 0 saturated carbocycles. The lowest BCUT2D eigenvalue weighted by atomic mass is 10.1. The first-order valence-corrected chi connectivity index (χ1v) is 8.54. The maximum Gasteiger partial charge on any atom is 0.289 e. The van der Waals surface area contributed by atoms with E-state index in [1.165, 1.54) is 0 Å². The van der Waals surface area contributed by atoms with Crippen LogP contribution in [0.2, 0.25) is 0 Å². The molecule has 2 aliphatic rings. The lowest BCUT2D eigenvalue weighted by Gasteiger charge is -2.38. The van der Waals surface area contributed by atoms with E-state index < -0.39 is 0 Å². The largest absolute Gasteiger partial charge is 0.455 e. The Morgan fingerprint density at radius 2 is 2.04 bits per heavy atom. The van der Waals surface area contributed by atoms with Crippen molar-refractivity contribution >= 4 is 5.91 Å². The highest BCUT2D eigenvalue weighted by Gasteiger charge is 2.33. The van der Waals surface area contributed by atoms with Crippen LogP contribution in [0, 0.1) is 0 Å². The molecule has 1 aromatic rings. The maximum atomic E-state index is 12.7. The SMILES string of the molecule is C[C@@H]1CN(C[C@H]2CCCN2C(=O)c2ccc(CN)o2)C[C@@H](C)O1. The number of rotatable bonds is 4. The third-order valence-electron chi connectivity index (χ3n) is 4.68. The normalized spacial score (nSPS) is 29.2. The fourth-order valence-corrected chi connectivity index (χ4v) is 3.77. The van der Waals surface area contributed by atoms with E-state index in [4.69, 9.17) is 14.9 Å². The van der Waals surface area contributed by atoms with Crippen LogP contribution < -0.4 is 5.73 Å². The van der Waals surface area contributed by atoms with Crippen molar-refractivity contribution in [2.75, 3.05) is 26.2 Å². The number of carbonyl (C=O) groups excluding carboxylic acids is 1. The first-order valence-electron chi connectivity index (χ1n) is 8.54. The van der Waals surface area contributed by atoms with E-state index in [0.717, 1.165) is 39.0 Å². The number of hydrogen-bond donors (Lipinski definition) is 1. The smallest absolute Gasteiger partial charge is 0.289 e. The Kier molecular flexibility index (Phi) is 5.04. The van der Waals surface area contributed by atoms with Gasteiger partial charge in [-0.15, -0.1) is 0 Å². The summed E-state index contributed by atoms with van der Waals surface area (Å²) in [6.45, 7) is 8.11. The second kappa shape index (κ2) is 7.03. The average molecular weight is 321 g/mol. The summed E-state index contributed by atoms with van der Waals surface area (Å²) >= 11 is 0. The fraction of sp³-hybridized carbons (Fsp3) is 0.706. The van der Waals surface area contributed by atoms with E-state index in [9.17, 15) is 4.79 Å². The van der Waals surface area contributed by atoms with Crippen molar-refractivity contribution in [1.29, 1.82) is 0 Å². The highest BCUT2D eigenvalue weighted by atomic mass is 16.5. The molecule has 2 saturated heterocycles. The molecule has 3 atom stereocenters. The van der Waals surface area contributed by atoms with Crippen molar-refractivity contribution < 1.29 is 13.9 Å². The summed E-state index contributed by atoms with van der Waals surface area (Å²) in [6.07, 6.45) is 2.61. The summed E-state index contributed by atoms with van der Waals surface area (Å²) in [5, 5.41) is 0. The lowest BCUT2D eigenvalue weighted by Crippen LogP contribution is -2.50. The van der Waals surface area contributed by atoms with Crippen LogP contribution >= 0.6 is 0 Å². The first kappa shape index (κ1) is 16.5. The third kappa shape index (κ3) is 3.76. The Balaban J connectivity index is 1.64. The molecule has 6 nitrogen and oxygen atoms in total. The second-order valence-corrected chi connectivity index (χ2v) is 6.74. The second-order valence-electron chi connectivity index (χ2n) is 6.74. The fourth-order valence-electron chi connectivity index (χ4n) is 3.77. The molecule has 2 fully saturated rings. The van der Waals surface area contributed by atoms with Crippen LogP contribution in [-0.4, -0.2) is 60.1 Å². The van der Waals surface area contributed by atoms with E-state index >= 15 is 0 Å². The molecule has 0 unspecified atom stereocenters. The van der Waals surface area contributed by atoms with Crippen molar-refractivity contribution in [3.63, 3.8) is 0 Å². The van der Waals surface area contributed by atoms with Crippen LogP contribution in [0.5, 0.6) is 0 Å². The quantitative estimate of drug-likeness (QED) is 0.909. The minimum absolute atomic E-state index is 0.0124. The monoisotopic (exact) mass is 321 g/mol. The van der Waals surface area contributed by atoms with Crippen LogP contribution in [0.15, 0.2) is 16.5 Å². The van der Waals surface area contributed by atoms with E-state index in [-0.39, 0.29) is 24.2 Å². The molecular weight excluding hydrogens is 294 g/mol. The molecular formula is C17H27N3O3. The number of morpholine rings is 1. The van der Waals surface area contributed by atoms with Gasteiger partial charge in [0.25, 0.3) is 5.91 Å². The molecule has 6 heteroatoms. The van der Waals surface area contributed by atoms with Gasteiger partial charge in [-0.3, -0.25) is 9.69 Å². The zero-order valence-corrected chi connectivity index (χ0v) is 14.0. The van der Waals surface area contributed by atoms with Crippen LogP contribution in [0.25, 0.3) is 0 Å². The van der Waals surface area contributed by atoms with Crippen LogP contribution in [0.3, 0.4) is 0 Å². The van der Waals surface area contributed by atoms with E-state index in [1.54, 1.807) is 12.1 Å². The Morgan fingerprint density at radius 3 is 2.70 bits per heavy atom. The van der Waals surface area contributed by atoms with Gasteiger partial charge in [-0.2, -0.15) is 0 Å². The van der Waals surface area contributed by atoms with Crippen LogP contribution in [-0.2, 0) is 11.3 Å². The van der Waals surface area contributed by atoms with Crippen molar-refractivity contribution in [3.8, 4) is 0 Å². The minimum Gasteiger partial charge on any atom is -0.455 e. The van der Waals surface area contributed by atoms with Crippen molar-refractivity contribution in [1.82, 2.24) is 9.80 Å². The zero-order valence-electron chi connectivity index (χ0n) is 14.0. The third-order valence-corrected chi connectivity index (χ3v) is 4.68. The van der Waals surface area contributed by atoms with Gasteiger partial charge in [-0.05, 0) is 38.8 Å². The number of hydrogen-bond acceptors (Lipinski definition) is 5. The number of nitrogens with zero attached hydrogens (tertiary/aromatic N) is 2. The molecule has 1 aromatic heterocycles. The Morgan fingerprint density at radius 1 is 1.30 bits per heavy atom. The molecule has 0 spiro atoms. The molecule has 1 amide bonds. The Bertz CT molecular complexity index is 535. The molecule has 0 aromatic carbocycles. The van der Waals surface area contributed by atoms with Gasteiger partial charge in [-0.1, -0.05) is 0 Å². The predicted molar refractivity (Wildman–Crippen MR) is 87.1 cm³/mol. The van der Waals surface area contributed by atoms with Gasteiger partial charge in [0.2, 0.25) is 0 Å². The Labute approximate surface area is 137 Å². The number of carbonyl (C=O) groups is 1. The van der Waals surface area contributed by atoms with Gasteiger partial charge in [0, 0.05) is 32.2 Å².